The molecule has 1 aromatic heterocycles. The average Bonchev–Trinajstić information content (AvgIpc) is 3.56. The monoisotopic (exact) mass is 521 g/mol. The number of halogens is 3. The van der Waals surface area contributed by atoms with Gasteiger partial charge in [0.1, 0.15) is 5.75 Å². The third-order valence-electron chi connectivity index (χ3n) is 5.76. The van der Waals surface area contributed by atoms with Gasteiger partial charge >= 0.3 is 12.1 Å². The molecule has 4 aromatic rings. The Bertz CT molecular complexity index is 1500. The highest BCUT2D eigenvalue weighted by atomic mass is 19.4. The number of nitrogens with one attached hydrogen (secondary N) is 1. The Morgan fingerprint density at radius 1 is 1.08 bits per heavy atom. The van der Waals surface area contributed by atoms with Crippen molar-refractivity contribution in [1.82, 2.24) is 9.55 Å². The predicted octanol–water partition coefficient (Wildman–Crippen LogP) is 5.74. The SMILES string of the molecule is COc1cc(C=CC(=O)Nc2cccc3c2Cc2ccccc2-3)ccc1-n1ccnc1.O=C(O)C(F)(F)F. The number of hydrogen-bond donors (Lipinski definition) is 2. The van der Waals surface area contributed by atoms with Crippen LogP contribution in [0.4, 0.5) is 18.9 Å². The maximum atomic E-state index is 12.6. The summed E-state index contributed by atoms with van der Waals surface area (Å²) in [6, 6.07) is 20.2. The van der Waals surface area contributed by atoms with Crippen molar-refractivity contribution in [2.24, 2.45) is 0 Å². The molecule has 5 rings (SSSR count). The Hall–Kier alpha value is -4.86. The summed E-state index contributed by atoms with van der Waals surface area (Å²) in [5.74, 6) is -2.21. The van der Waals surface area contributed by atoms with E-state index < -0.39 is 12.1 Å². The Morgan fingerprint density at radius 2 is 1.82 bits per heavy atom. The van der Waals surface area contributed by atoms with Gasteiger partial charge in [-0.2, -0.15) is 13.2 Å². The third kappa shape index (κ3) is 5.92. The number of alkyl halides is 3. The van der Waals surface area contributed by atoms with Crippen LogP contribution >= 0.6 is 0 Å². The smallest absolute Gasteiger partial charge is 0.490 e. The van der Waals surface area contributed by atoms with Gasteiger partial charge in [-0.25, -0.2) is 9.78 Å². The van der Waals surface area contributed by atoms with Gasteiger partial charge < -0.3 is 19.7 Å². The quantitative estimate of drug-likeness (QED) is 0.288. The number of fused-ring (bicyclic) bond motifs is 3. The molecule has 7 nitrogen and oxygen atoms in total. The molecular formula is C28H22F3N3O4. The summed E-state index contributed by atoms with van der Waals surface area (Å²) < 4.78 is 39.1. The van der Waals surface area contributed by atoms with Crippen LogP contribution in [0.25, 0.3) is 22.9 Å². The molecule has 1 aliphatic rings. The fraction of sp³-hybridized carbons (Fsp3) is 0.107. The highest BCUT2D eigenvalue weighted by Crippen LogP contribution is 2.40. The van der Waals surface area contributed by atoms with Crippen LogP contribution in [0.1, 0.15) is 16.7 Å². The molecule has 0 saturated carbocycles. The molecule has 0 bridgehead atoms. The highest BCUT2D eigenvalue weighted by molar-refractivity contribution is 6.03. The number of carboxylic acids is 1. The lowest BCUT2D eigenvalue weighted by Crippen LogP contribution is -2.21. The van der Waals surface area contributed by atoms with Crippen molar-refractivity contribution in [3.8, 4) is 22.6 Å². The standard InChI is InChI=1S/C26H21N3O2.C2HF3O2/c1-31-25-15-18(9-11-24(25)29-14-13-27-17-29)10-12-26(30)28-23-8-4-7-21-20-6-3-2-5-19(20)16-22(21)23;3-2(4,5)1(6)7/h2-15,17H,16H2,1H3,(H,28,30);(H,6,7). The van der Waals surface area contributed by atoms with E-state index in [1.807, 2.05) is 47.2 Å². The van der Waals surface area contributed by atoms with Crippen molar-refractivity contribution in [2.75, 3.05) is 12.4 Å². The molecule has 38 heavy (non-hydrogen) atoms. The minimum Gasteiger partial charge on any atom is -0.495 e. The molecule has 1 amide bonds. The number of carboxylic acid groups (broad SMARTS) is 1. The van der Waals surface area contributed by atoms with E-state index in [-0.39, 0.29) is 5.91 Å². The lowest BCUT2D eigenvalue weighted by Gasteiger charge is -2.10. The fourth-order valence-corrected chi connectivity index (χ4v) is 4.03. The van der Waals surface area contributed by atoms with Crippen LogP contribution < -0.4 is 10.1 Å². The number of carbonyl (C=O) groups is 2. The van der Waals surface area contributed by atoms with E-state index in [1.54, 1.807) is 31.8 Å². The molecule has 2 N–H and O–H groups in total. The van der Waals surface area contributed by atoms with Crippen LogP contribution in [-0.2, 0) is 16.0 Å². The topological polar surface area (TPSA) is 93.5 Å². The van der Waals surface area contributed by atoms with E-state index in [2.05, 4.69) is 34.6 Å². The van der Waals surface area contributed by atoms with E-state index in [0.717, 1.165) is 28.9 Å². The van der Waals surface area contributed by atoms with Gasteiger partial charge in [0, 0.05) is 30.6 Å². The molecule has 3 aromatic carbocycles. The summed E-state index contributed by atoms with van der Waals surface area (Å²) in [6.07, 6.45) is 4.38. The second kappa shape index (κ2) is 11.0. The first kappa shape index (κ1) is 26.2. The van der Waals surface area contributed by atoms with Crippen molar-refractivity contribution >= 4 is 23.6 Å². The number of benzene rings is 3. The largest absolute Gasteiger partial charge is 0.495 e. The molecular weight excluding hydrogens is 499 g/mol. The molecule has 1 aliphatic carbocycles. The normalized spacial score (nSPS) is 11.8. The van der Waals surface area contributed by atoms with Gasteiger partial charge in [-0.3, -0.25) is 4.79 Å². The predicted molar refractivity (Wildman–Crippen MR) is 136 cm³/mol. The minimum atomic E-state index is -5.08. The maximum Gasteiger partial charge on any atom is 0.490 e. The van der Waals surface area contributed by atoms with Gasteiger partial charge in [0.2, 0.25) is 5.91 Å². The number of methoxy groups -OCH3 is 1. The zero-order valence-electron chi connectivity index (χ0n) is 20.1. The van der Waals surface area contributed by atoms with Gasteiger partial charge in [0.15, 0.2) is 0 Å². The van der Waals surface area contributed by atoms with E-state index in [1.165, 1.54) is 16.7 Å². The lowest BCUT2D eigenvalue weighted by molar-refractivity contribution is -0.192. The number of carbonyl (C=O) groups excluding carboxylic acids is 1. The first-order valence-electron chi connectivity index (χ1n) is 11.3. The molecule has 0 atom stereocenters. The molecule has 0 spiro atoms. The molecule has 0 aliphatic heterocycles. The summed E-state index contributed by atoms with van der Waals surface area (Å²) in [5.41, 5.74) is 7.52. The first-order chi connectivity index (χ1) is 18.2. The summed E-state index contributed by atoms with van der Waals surface area (Å²) in [6.45, 7) is 0. The van der Waals surface area contributed by atoms with Crippen LogP contribution in [0.5, 0.6) is 5.75 Å². The van der Waals surface area contributed by atoms with E-state index in [0.29, 0.717) is 5.75 Å². The van der Waals surface area contributed by atoms with E-state index in [4.69, 9.17) is 14.6 Å². The molecule has 10 heteroatoms. The molecule has 1 heterocycles. The Kier molecular flexibility index (Phi) is 7.61. The van der Waals surface area contributed by atoms with Crippen LogP contribution in [0.15, 0.2) is 85.5 Å². The zero-order valence-corrected chi connectivity index (χ0v) is 20.1. The second-order valence-electron chi connectivity index (χ2n) is 8.19. The Labute approximate surface area is 215 Å². The van der Waals surface area contributed by atoms with Crippen LogP contribution in [-0.4, -0.2) is 39.8 Å². The van der Waals surface area contributed by atoms with Crippen molar-refractivity contribution in [2.45, 2.75) is 12.6 Å². The van der Waals surface area contributed by atoms with Crippen LogP contribution in [0.2, 0.25) is 0 Å². The Balaban J connectivity index is 0.000000426. The van der Waals surface area contributed by atoms with Crippen LogP contribution in [0, 0.1) is 0 Å². The summed E-state index contributed by atoms with van der Waals surface area (Å²) in [7, 11) is 1.63. The molecule has 194 valence electrons. The fourth-order valence-electron chi connectivity index (χ4n) is 4.03. The summed E-state index contributed by atoms with van der Waals surface area (Å²) in [4.78, 5) is 25.6. The zero-order chi connectivity index (χ0) is 27.3. The van der Waals surface area contributed by atoms with Gasteiger partial charge in [0.05, 0.1) is 19.1 Å². The van der Waals surface area contributed by atoms with Crippen molar-refractivity contribution in [3.05, 3.63) is 102 Å². The molecule has 0 radical (unpaired) electrons. The van der Waals surface area contributed by atoms with Crippen molar-refractivity contribution in [3.63, 3.8) is 0 Å². The minimum absolute atomic E-state index is 0.165. The number of imidazole rings is 1. The number of hydrogen-bond acceptors (Lipinski definition) is 4. The van der Waals surface area contributed by atoms with Crippen molar-refractivity contribution in [1.29, 1.82) is 0 Å². The molecule has 0 fully saturated rings. The highest BCUT2D eigenvalue weighted by Gasteiger charge is 2.38. The number of nitrogens with zero attached hydrogens (tertiary/aromatic N) is 2. The Morgan fingerprint density at radius 3 is 2.50 bits per heavy atom. The van der Waals surface area contributed by atoms with E-state index >= 15 is 0 Å². The van der Waals surface area contributed by atoms with Gasteiger partial charge in [0.25, 0.3) is 0 Å². The van der Waals surface area contributed by atoms with Crippen molar-refractivity contribution < 1.29 is 32.6 Å². The van der Waals surface area contributed by atoms with E-state index in [9.17, 15) is 18.0 Å². The lowest BCUT2D eigenvalue weighted by atomic mass is 10.0. The van der Waals surface area contributed by atoms with Gasteiger partial charge in [-0.05, 0) is 52.1 Å². The molecule has 0 unspecified atom stereocenters. The third-order valence-corrected chi connectivity index (χ3v) is 5.76. The number of ether oxygens (including phenoxy) is 1. The number of rotatable bonds is 5. The number of amides is 1. The van der Waals surface area contributed by atoms with Gasteiger partial charge in [-0.1, -0.05) is 42.5 Å². The summed E-state index contributed by atoms with van der Waals surface area (Å²) in [5, 5.41) is 10.2. The first-order valence-corrected chi connectivity index (χ1v) is 11.3. The van der Waals surface area contributed by atoms with Gasteiger partial charge in [-0.15, -0.1) is 0 Å². The number of aromatic nitrogens is 2. The maximum absolute atomic E-state index is 12.6. The number of aliphatic carboxylic acids is 1. The summed E-state index contributed by atoms with van der Waals surface area (Å²) >= 11 is 0. The average molecular weight is 521 g/mol. The molecule has 0 saturated heterocycles. The number of anilines is 1. The van der Waals surface area contributed by atoms with Crippen LogP contribution in [0.3, 0.4) is 0 Å². The second-order valence-corrected chi connectivity index (χ2v) is 8.19.